The van der Waals surface area contributed by atoms with Gasteiger partial charge in [0.1, 0.15) is 17.3 Å². The van der Waals surface area contributed by atoms with Gasteiger partial charge < -0.3 is 15.1 Å². The Balaban J connectivity index is 1.58. The van der Waals surface area contributed by atoms with Gasteiger partial charge in [-0.05, 0) is 12.1 Å². The number of piperazine rings is 1. The second-order valence-corrected chi connectivity index (χ2v) is 5.42. The molecule has 0 saturated carbocycles. The number of hydrogen-bond acceptors (Lipinski definition) is 6. The van der Waals surface area contributed by atoms with Crippen molar-refractivity contribution < 1.29 is 4.79 Å². The molecule has 0 spiro atoms. The Labute approximate surface area is 141 Å². The van der Waals surface area contributed by atoms with Crippen LogP contribution in [0, 0.1) is 0 Å². The third-order valence-electron chi connectivity index (χ3n) is 3.84. The second-order valence-electron chi connectivity index (χ2n) is 5.42. The Bertz CT molecular complexity index is 680. The SMILES string of the molecule is C=CCNc1cnc(C(=O)N2CCN(c3ccccn3)CC2)cn1. The number of nitrogens with zero attached hydrogens (tertiary/aromatic N) is 5. The summed E-state index contributed by atoms with van der Waals surface area (Å²) < 4.78 is 0. The zero-order chi connectivity index (χ0) is 16.8. The van der Waals surface area contributed by atoms with Crippen molar-refractivity contribution >= 4 is 17.5 Å². The molecule has 0 radical (unpaired) electrons. The molecule has 2 aromatic rings. The van der Waals surface area contributed by atoms with E-state index in [1.165, 1.54) is 6.20 Å². The monoisotopic (exact) mass is 324 g/mol. The fourth-order valence-electron chi connectivity index (χ4n) is 2.55. The van der Waals surface area contributed by atoms with Crippen molar-refractivity contribution in [2.45, 2.75) is 0 Å². The summed E-state index contributed by atoms with van der Waals surface area (Å²) >= 11 is 0. The van der Waals surface area contributed by atoms with Crippen molar-refractivity contribution in [3.8, 4) is 0 Å². The standard InChI is InChI=1S/C17H20N6O/c1-2-6-18-15-13-20-14(12-21-15)17(24)23-10-8-22(9-11-23)16-5-3-4-7-19-16/h2-5,7,12-13H,1,6,8-11H2,(H,18,21). The van der Waals surface area contributed by atoms with Crippen LogP contribution in [0.15, 0.2) is 49.4 Å². The maximum absolute atomic E-state index is 12.5. The summed E-state index contributed by atoms with van der Waals surface area (Å²) in [6.07, 6.45) is 6.60. The van der Waals surface area contributed by atoms with Crippen LogP contribution in [0.2, 0.25) is 0 Å². The number of rotatable bonds is 5. The minimum Gasteiger partial charge on any atom is -0.365 e. The molecule has 7 nitrogen and oxygen atoms in total. The molecule has 1 aliphatic heterocycles. The zero-order valence-corrected chi connectivity index (χ0v) is 13.4. The highest BCUT2D eigenvalue weighted by molar-refractivity contribution is 5.92. The largest absolute Gasteiger partial charge is 0.365 e. The number of hydrogen-bond donors (Lipinski definition) is 1. The molecule has 0 bridgehead atoms. The molecule has 3 heterocycles. The molecule has 1 saturated heterocycles. The molecule has 1 aliphatic rings. The van der Waals surface area contributed by atoms with Gasteiger partial charge in [0.05, 0.1) is 12.4 Å². The first-order chi connectivity index (χ1) is 11.8. The van der Waals surface area contributed by atoms with E-state index < -0.39 is 0 Å². The summed E-state index contributed by atoms with van der Waals surface area (Å²) in [7, 11) is 0. The van der Waals surface area contributed by atoms with E-state index >= 15 is 0 Å². The van der Waals surface area contributed by atoms with Crippen molar-refractivity contribution in [3.05, 3.63) is 55.1 Å². The van der Waals surface area contributed by atoms with Gasteiger partial charge in [0.25, 0.3) is 5.91 Å². The van der Waals surface area contributed by atoms with E-state index in [1.807, 2.05) is 18.2 Å². The van der Waals surface area contributed by atoms with Crippen LogP contribution in [0.4, 0.5) is 11.6 Å². The highest BCUT2D eigenvalue weighted by Crippen LogP contribution is 2.14. The Kier molecular flexibility index (Phi) is 5.00. The highest BCUT2D eigenvalue weighted by Gasteiger charge is 2.23. The predicted molar refractivity (Wildman–Crippen MR) is 93.1 cm³/mol. The third-order valence-corrected chi connectivity index (χ3v) is 3.84. The van der Waals surface area contributed by atoms with Crippen LogP contribution in [0.3, 0.4) is 0 Å². The molecule has 0 unspecified atom stereocenters. The summed E-state index contributed by atoms with van der Waals surface area (Å²) in [6.45, 7) is 7.05. The van der Waals surface area contributed by atoms with E-state index in [9.17, 15) is 4.79 Å². The van der Waals surface area contributed by atoms with E-state index in [-0.39, 0.29) is 5.91 Å². The number of nitrogens with one attached hydrogen (secondary N) is 1. The van der Waals surface area contributed by atoms with Crippen LogP contribution >= 0.6 is 0 Å². The second kappa shape index (κ2) is 7.54. The Morgan fingerprint density at radius 3 is 2.62 bits per heavy atom. The number of carbonyl (C=O) groups is 1. The van der Waals surface area contributed by atoms with Crippen molar-refractivity contribution in [1.29, 1.82) is 0 Å². The first-order valence-corrected chi connectivity index (χ1v) is 7.90. The van der Waals surface area contributed by atoms with E-state index in [4.69, 9.17) is 0 Å². The molecule has 7 heteroatoms. The molecule has 1 amide bonds. The number of amides is 1. The molecular formula is C17H20N6O. The molecule has 2 aromatic heterocycles. The molecular weight excluding hydrogens is 304 g/mol. The first kappa shape index (κ1) is 15.9. The van der Waals surface area contributed by atoms with Gasteiger partial charge in [0, 0.05) is 38.9 Å². The van der Waals surface area contributed by atoms with Crippen LogP contribution in [-0.2, 0) is 0 Å². The lowest BCUT2D eigenvalue weighted by atomic mass is 10.2. The lowest BCUT2D eigenvalue weighted by Gasteiger charge is -2.35. The Morgan fingerprint density at radius 1 is 1.17 bits per heavy atom. The summed E-state index contributed by atoms with van der Waals surface area (Å²) in [6, 6.07) is 5.85. The fraction of sp³-hybridized carbons (Fsp3) is 0.294. The van der Waals surface area contributed by atoms with Gasteiger partial charge in [-0.1, -0.05) is 12.1 Å². The minimum absolute atomic E-state index is 0.0848. The Hall–Kier alpha value is -2.96. The van der Waals surface area contributed by atoms with Crippen molar-refractivity contribution in [1.82, 2.24) is 19.9 Å². The molecule has 0 aliphatic carbocycles. The maximum atomic E-state index is 12.5. The zero-order valence-electron chi connectivity index (χ0n) is 13.4. The number of carbonyl (C=O) groups excluding carboxylic acids is 1. The predicted octanol–water partition coefficient (Wildman–Crippen LogP) is 1.43. The summed E-state index contributed by atoms with van der Waals surface area (Å²) in [4.78, 5) is 29.3. The van der Waals surface area contributed by atoms with Gasteiger partial charge in [0.2, 0.25) is 0 Å². The number of anilines is 2. The van der Waals surface area contributed by atoms with E-state index in [2.05, 4.69) is 31.7 Å². The topological polar surface area (TPSA) is 74.2 Å². The molecule has 0 atom stereocenters. The normalized spacial score (nSPS) is 14.3. The smallest absolute Gasteiger partial charge is 0.274 e. The molecule has 0 aromatic carbocycles. The molecule has 1 N–H and O–H groups in total. The highest BCUT2D eigenvalue weighted by atomic mass is 16.2. The van der Waals surface area contributed by atoms with E-state index in [0.717, 1.165) is 18.9 Å². The molecule has 3 rings (SSSR count). The van der Waals surface area contributed by atoms with E-state index in [1.54, 1.807) is 23.4 Å². The number of pyridine rings is 1. The van der Waals surface area contributed by atoms with Crippen LogP contribution in [0.1, 0.15) is 10.5 Å². The summed E-state index contributed by atoms with van der Waals surface area (Å²) in [5.41, 5.74) is 0.366. The maximum Gasteiger partial charge on any atom is 0.274 e. The molecule has 1 fully saturated rings. The van der Waals surface area contributed by atoms with Crippen LogP contribution in [0.25, 0.3) is 0 Å². The van der Waals surface area contributed by atoms with Crippen molar-refractivity contribution in [2.75, 3.05) is 42.9 Å². The van der Waals surface area contributed by atoms with Crippen LogP contribution in [0.5, 0.6) is 0 Å². The average Bonchev–Trinajstić information content (AvgIpc) is 2.67. The van der Waals surface area contributed by atoms with Gasteiger partial charge in [-0.25, -0.2) is 15.0 Å². The molecule has 24 heavy (non-hydrogen) atoms. The van der Waals surface area contributed by atoms with Gasteiger partial charge in [-0.3, -0.25) is 4.79 Å². The molecule has 124 valence electrons. The quantitative estimate of drug-likeness (QED) is 0.839. The minimum atomic E-state index is -0.0848. The van der Waals surface area contributed by atoms with Gasteiger partial charge in [-0.15, -0.1) is 6.58 Å². The van der Waals surface area contributed by atoms with Crippen molar-refractivity contribution in [2.24, 2.45) is 0 Å². The van der Waals surface area contributed by atoms with E-state index in [0.29, 0.717) is 31.1 Å². The van der Waals surface area contributed by atoms with Crippen LogP contribution in [-0.4, -0.2) is 58.5 Å². The lowest BCUT2D eigenvalue weighted by Crippen LogP contribution is -2.49. The number of aromatic nitrogens is 3. The Morgan fingerprint density at radius 2 is 2.00 bits per heavy atom. The summed E-state index contributed by atoms with van der Waals surface area (Å²) in [5, 5.41) is 3.03. The summed E-state index contributed by atoms with van der Waals surface area (Å²) in [5.74, 6) is 1.49. The fourth-order valence-corrected chi connectivity index (χ4v) is 2.55. The lowest BCUT2D eigenvalue weighted by molar-refractivity contribution is 0.0740. The average molecular weight is 324 g/mol. The van der Waals surface area contributed by atoms with Gasteiger partial charge in [0.15, 0.2) is 0 Å². The van der Waals surface area contributed by atoms with Crippen LogP contribution < -0.4 is 10.2 Å². The van der Waals surface area contributed by atoms with Gasteiger partial charge in [-0.2, -0.15) is 0 Å². The van der Waals surface area contributed by atoms with Gasteiger partial charge >= 0.3 is 0 Å². The van der Waals surface area contributed by atoms with Crippen molar-refractivity contribution in [3.63, 3.8) is 0 Å². The third kappa shape index (κ3) is 3.68. The first-order valence-electron chi connectivity index (χ1n) is 7.90.